The van der Waals surface area contributed by atoms with Crippen LogP contribution in [0.3, 0.4) is 0 Å². The number of ether oxygens (including phenoxy) is 1. The van der Waals surface area contributed by atoms with Crippen molar-refractivity contribution >= 4 is 11.6 Å². The summed E-state index contributed by atoms with van der Waals surface area (Å²) in [5.74, 6) is 2.94. The second-order valence-corrected chi connectivity index (χ2v) is 5.32. The molecule has 4 rings (SSSR count). The van der Waals surface area contributed by atoms with Crippen LogP contribution in [0.2, 0.25) is 0 Å². The molecule has 1 aliphatic rings. The highest BCUT2D eigenvalue weighted by Gasteiger charge is 2.23. The Hall–Kier alpha value is -3.77. The van der Waals surface area contributed by atoms with Gasteiger partial charge in [-0.05, 0) is 40.8 Å². The van der Waals surface area contributed by atoms with Gasteiger partial charge in [-0.25, -0.2) is 14.9 Å². The van der Waals surface area contributed by atoms with Crippen molar-refractivity contribution in [3.8, 4) is 17.1 Å². The predicted molar refractivity (Wildman–Crippen MR) is 88.1 cm³/mol. The zero-order valence-corrected chi connectivity index (χ0v) is 12.9. The van der Waals surface area contributed by atoms with Crippen molar-refractivity contribution in [3.63, 3.8) is 0 Å². The van der Waals surface area contributed by atoms with Crippen LogP contribution < -0.4 is 21.0 Å². The van der Waals surface area contributed by atoms with Gasteiger partial charge in [0.2, 0.25) is 6.23 Å². The second kappa shape index (κ2) is 6.03. The summed E-state index contributed by atoms with van der Waals surface area (Å²) < 4.78 is 5.83. The van der Waals surface area contributed by atoms with Gasteiger partial charge < -0.3 is 10.5 Å². The van der Waals surface area contributed by atoms with Crippen molar-refractivity contribution < 1.29 is 9.53 Å². The summed E-state index contributed by atoms with van der Waals surface area (Å²) in [6.45, 7) is 0. The van der Waals surface area contributed by atoms with E-state index in [2.05, 4.69) is 25.6 Å². The summed E-state index contributed by atoms with van der Waals surface area (Å²) in [4.78, 5) is 15.8. The lowest BCUT2D eigenvalue weighted by Gasteiger charge is -2.19. The number of aromatic nitrogens is 4. The number of aromatic amines is 1. The van der Waals surface area contributed by atoms with E-state index in [-0.39, 0.29) is 5.57 Å². The van der Waals surface area contributed by atoms with Crippen molar-refractivity contribution in [2.75, 3.05) is 0 Å². The molecule has 2 aromatic carbocycles. The maximum Gasteiger partial charge on any atom is 0.228 e. The zero-order valence-electron chi connectivity index (χ0n) is 12.9. The molecule has 1 unspecified atom stereocenters. The van der Waals surface area contributed by atoms with E-state index in [1.807, 2.05) is 30.2 Å². The van der Waals surface area contributed by atoms with Crippen molar-refractivity contribution in [3.05, 3.63) is 64.7 Å². The van der Waals surface area contributed by atoms with E-state index >= 15 is 0 Å². The average molecular weight is 332 g/mol. The Kier molecular flexibility index (Phi) is 3.57. The molecule has 2 heterocycles. The van der Waals surface area contributed by atoms with Gasteiger partial charge in [-0.1, -0.05) is 18.2 Å². The third-order valence-corrected chi connectivity index (χ3v) is 3.82. The molecule has 1 atom stereocenters. The van der Waals surface area contributed by atoms with Crippen molar-refractivity contribution in [1.29, 1.82) is 0 Å². The zero-order chi connectivity index (χ0) is 17.2. The van der Waals surface area contributed by atoms with Crippen LogP contribution in [-0.2, 0) is 4.79 Å². The van der Waals surface area contributed by atoms with Gasteiger partial charge in [-0.15, -0.1) is 5.10 Å². The molecule has 0 saturated carbocycles. The topological polar surface area (TPSA) is 119 Å². The number of rotatable bonds is 3. The fraction of sp³-hybridized carbons (Fsp3) is 0.0588. The quantitative estimate of drug-likeness (QED) is 0.637. The number of nitrogens with zero attached hydrogens (tertiary/aromatic N) is 4. The fourth-order valence-corrected chi connectivity index (χ4v) is 2.58. The average Bonchev–Trinajstić information content (AvgIpc) is 3.17. The van der Waals surface area contributed by atoms with Crippen LogP contribution in [0, 0.1) is 0 Å². The lowest BCUT2D eigenvalue weighted by atomic mass is 10.1. The lowest BCUT2D eigenvalue weighted by Crippen LogP contribution is -2.40. The lowest BCUT2D eigenvalue weighted by molar-refractivity contribution is 0.247. The number of H-pyrrole nitrogens is 1. The maximum absolute atomic E-state index is 11.4. The first-order chi connectivity index (χ1) is 12.3. The highest BCUT2D eigenvalue weighted by molar-refractivity contribution is 5.78. The van der Waals surface area contributed by atoms with Gasteiger partial charge >= 0.3 is 0 Å². The normalized spacial score (nSPS) is 15.9. The number of nitrogens with two attached hydrogens (primary N) is 1. The van der Waals surface area contributed by atoms with Crippen molar-refractivity contribution in [2.24, 2.45) is 10.7 Å². The van der Waals surface area contributed by atoms with E-state index in [0.717, 1.165) is 5.56 Å². The molecule has 0 saturated heterocycles. The molecule has 8 heteroatoms. The van der Waals surface area contributed by atoms with E-state index in [0.29, 0.717) is 27.8 Å². The molecule has 1 aromatic heterocycles. The molecule has 3 aromatic rings. The van der Waals surface area contributed by atoms with Crippen LogP contribution in [0.15, 0.2) is 59.1 Å². The number of hydrogen-bond donors (Lipinski definition) is 2. The standard InChI is InChI=1S/C17H12N6O2/c18-15-12-3-1-2-4-14(12)19-17(13(15)9-24)25-11-7-5-10(6-8-11)16-20-22-23-21-16/h1-8,17H,18H2,(H,20,21,22,23). The molecule has 0 bridgehead atoms. The minimum absolute atomic E-state index is 0.183. The summed E-state index contributed by atoms with van der Waals surface area (Å²) in [5, 5.41) is 15.0. The van der Waals surface area contributed by atoms with Gasteiger partial charge in [-0.2, -0.15) is 0 Å². The van der Waals surface area contributed by atoms with E-state index in [1.165, 1.54) is 0 Å². The SMILES string of the molecule is NC1=c2ccccc2=NC(Oc2ccc(-c3nnn[nH]3)cc2)C1=C=O. The number of nitrogens with one attached hydrogen (secondary N) is 1. The Morgan fingerprint density at radius 3 is 2.64 bits per heavy atom. The summed E-state index contributed by atoms with van der Waals surface area (Å²) in [6, 6.07) is 14.4. The van der Waals surface area contributed by atoms with Gasteiger partial charge in [0.15, 0.2) is 5.82 Å². The molecule has 1 aliphatic heterocycles. The Morgan fingerprint density at radius 1 is 1.12 bits per heavy atom. The molecule has 0 spiro atoms. The Morgan fingerprint density at radius 2 is 1.92 bits per heavy atom. The van der Waals surface area contributed by atoms with Crippen LogP contribution in [-0.4, -0.2) is 32.8 Å². The molecular formula is C17H12N6O2. The molecule has 3 N–H and O–H groups in total. The van der Waals surface area contributed by atoms with Gasteiger partial charge in [0.1, 0.15) is 17.3 Å². The van der Waals surface area contributed by atoms with Gasteiger partial charge in [0.25, 0.3) is 0 Å². The van der Waals surface area contributed by atoms with Crippen LogP contribution in [0.25, 0.3) is 17.1 Å². The smallest absolute Gasteiger partial charge is 0.228 e. The Labute approximate surface area is 141 Å². The fourth-order valence-electron chi connectivity index (χ4n) is 2.58. The summed E-state index contributed by atoms with van der Waals surface area (Å²) in [6.07, 6.45) is -0.842. The van der Waals surface area contributed by atoms with Crippen molar-refractivity contribution in [2.45, 2.75) is 6.23 Å². The van der Waals surface area contributed by atoms with E-state index in [4.69, 9.17) is 10.5 Å². The molecule has 25 heavy (non-hydrogen) atoms. The molecule has 8 nitrogen and oxygen atoms in total. The Bertz CT molecular complexity index is 1080. The maximum atomic E-state index is 11.4. The van der Waals surface area contributed by atoms with Gasteiger partial charge in [0.05, 0.1) is 11.1 Å². The van der Waals surface area contributed by atoms with Gasteiger partial charge in [-0.3, -0.25) is 0 Å². The number of hydrogen-bond acceptors (Lipinski definition) is 7. The minimum Gasteiger partial charge on any atom is -0.464 e. The first-order valence-electron chi connectivity index (χ1n) is 7.45. The van der Waals surface area contributed by atoms with Gasteiger partial charge in [0, 0.05) is 10.8 Å². The van der Waals surface area contributed by atoms with Crippen LogP contribution in [0.5, 0.6) is 5.75 Å². The van der Waals surface area contributed by atoms with E-state index in [9.17, 15) is 4.79 Å². The van der Waals surface area contributed by atoms with Crippen molar-refractivity contribution in [1.82, 2.24) is 20.6 Å². The number of benzene rings is 2. The molecule has 0 amide bonds. The third-order valence-electron chi connectivity index (χ3n) is 3.82. The Balaban J connectivity index is 1.67. The minimum atomic E-state index is -0.842. The monoisotopic (exact) mass is 332 g/mol. The number of para-hydroxylation sites is 1. The largest absolute Gasteiger partial charge is 0.464 e. The highest BCUT2D eigenvalue weighted by Crippen LogP contribution is 2.22. The summed E-state index contributed by atoms with van der Waals surface area (Å²) in [7, 11) is 0. The van der Waals surface area contributed by atoms with Crippen LogP contribution in [0.1, 0.15) is 0 Å². The first kappa shape index (κ1) is 14.8. The van der Waals surface area contributed by atoms with Crippen LogP contribution >= 0.6 is 0 Å². The first-order valence-corrected chi connectivity index (χ1v) is 7.45. The molecule has 122 valence electrons. The third kappa shape index (κ3) is 2.66. The molecule has 0 aliphatic carbocycles. The highest BCUT2D eigenvalue weighted by atomic mass is 16.5. The molecular weight excluding hydrogens is 320 g/mol. The number of tetrazole rings is 1. The number of fused-ring (bicyclic) bond motifs is 1. The number of carbonyl (C=O) groups excluding carboxylic acids is 1. The van der Waals surface area contributed by atoms with E-state index < -0.39 is 6.23 Å². The van der Waals surface area contributed by atoms with Crippen LogP contribution in [0.4, 0.5) is 0 Å². The summed E-state index contributed by atoms with van der Waals surface area (Å²) >= 11 is 0. The molecule has 0 radical (unpaired) electrons. The second-order valence-electron chi connectivity index (χ2n) is 5.32. The predicted octanol–water partition coefficient (Wildman–Crippen LogP) is -0.270. The van der Waals surface area contributed by atoms with E-state index in [1.54, 1.807) is 24.3 Å². The summed E-state index contributed by atoms with van der Waals surface area (Å²) in [5.41, 5.74) is 7.40. The molecule has 0 fully saturated rings.